The molecule has 0 radical (unpaired) electrons. The molecule has 2 N–H and O–H groups in total. The van der Waals surface area contributed by atoms with Gasteiger partial charge in [0.1, 0.15) is 29.6 Å². The average Bonchev–Trinajstić information content (AvgIpc) is 3.70. The Balaban J connectivity index is 1.61. The lowest BCUT2D eigenvalue weighted by atomic mass is 10.1. The molecule has 2 aromatic rings. The van der Waals surface area contributed by atoms with Crippen LogP contribution in [-0.4, -0.2) is 56.3 Å². The fourth-order valence-electron chi connectivity index (χ4n) is 6.69. The summed E-state index contributed by atoms with van der Waals surface area (Å²) in [6.45, 7) is 8.29. The first-order valence-corrected chi connectivity index (χ1v) is 23.3. The molecule has 0 saturated carbocycles. The minimum Gasteiger partial charge on any atom is -0.466 e. The number of phosphoric ester groups is 1. The Bertz CT molecular complexity index is 1370. The number of aryl methyl sites for hydroxylation is 6. The normalized spacial score (nSPS) is 13.2. The molecular formula is C44H76NO10P. The van der Waals surface area contributed by atoms with Crippen molar-refractivity contribution in [1.29, 1.82) is 0 Å². The highest BCUT2D eigenvalue weighted by molar-refractivity contribution is 7.47. The summed E-state index contributed by atoms with van der Waals surface area (Å²) in [5, 5.41) is 2.82. The highest BCUT2D eigenvalue weighted by Crippen LogP contribution is 2.43. The van der Waals surface area contributed by atoms with E-state index in [1.54, 1.807) is 7.05 Å². The van der Waals surface area contributed by atoms with Crippen molar-refractivity contribution in [3.63, 3.8) is 0 Å². The van der Waals surface area contributed by atoms with Gasteiger partial charge in [0.25, 0.3) is 0 Å². The summed E-state index contributed by atoms with van der Waals surface area (Å²) >= 11 is 0. The predicted octanol–water partition coefficient (Wildman–Crippen LogP) is 11.0. The fourth-order valence-corrected chi connectivity index (χ4v) is 7.44. The van der Waals surface area contributed by atoms with Crippen LogP contribution in [0.5, 0.6) is 0 Å². The van der Waals surface area contributed by atoms with Gasteiger partial charge in [-0.3, -0.25) is 18.6 Å². The van der Waals surface area contributed by atoms with Crippen molar-refractivity contribution in [1.82, 2.24) is 5.32 Å². The molecule has 2 heterocycles. The zero-order valence-electron chi connectivity index (χ0n) is 35.6. The van der Waals surface area contributed by atoms with Crippen molar-refractivity contribution >= 4 is 19.8 Å². The Kier molecular flexibility index (Phi) is 27.2. The number of furan rings is 2. The summed E-state index contributed by atoms with van der Waals surface area (Å²) in [6, 6.07) is 4.36. The Morgan fingerprint density at radius 1 is 0.661 bits per heavy atom. The number of rotatable bonds is 36. The van der Waals surface area contributed by atoms with E-state index in [4.69, 9.17) is 27.4 Å². The molecule has 0 aromatic carbocycles. The smallest absolute Gasteiger partial charge is 0.466 e. The van der Waals surface area contributed by atoms with E-state index in [-0.39, 0.29) is 26.1 Å². The zero-order chi connectivity index (χ0) is 40.9. The lowest BCUT2D eigenvalue weighted by Gasteiger charge is -2.20. The molecule has 1 unspecified atom stereocenters. The standard InChI is InChI=1S/C44H76NO10P/c1-6-8-19-25-39-33-37(4)42(54-39)27-21-16-13-14-18-23-29-44(47)55-40(35-52-56(48,49)51-31-30-45-5)34-50-43(46)28-22-17-12-10-9-11-15-20-26-41-36(3)32-38(53-41)24-7-2/h32-33,40,45H,6-31,34-35H2,1-5H3,(H,48,49)/t40-/m1/s1. The van der Waals surface area contributed by atoms with E-state index in [2.05, 4.69) is 45.1 Å². The van der Waals surface area contributed by atoms with Gasteiger partial charge in [-0.1, -0.05) is 90.9 Å². The van der Waals surface area contributed by atoms with Gasteiger partial charge in [0.15, 0.2) is 6.10 Å². The van der Waals surface area contributed by atoms with Crippen molar-refractivity contribution in [2.24, 2.45) is 0 Å². The quantitative estimate of drug-likeness (QED) is 0.0385. The van der Waals surface area contributed by atoms with Crippen LogP contribution in [-0.2, 0) is 58.4 Å². The second-order valence-electron chi connectivity index (χ2n) is 15.3. The molecule has 0 aliphatic rings. The maximum atomic E-state index is 12.7. The molecule has 0 aliphatic carbocycles. The van der Waals surface area contributed by atoms with E-state index in [9.17, 15) is 19.0 Å². The molecule has 2 aromatic heterocycles. The van der Waals surface area contributed by atoms with Crippen LogP contribution in [0.2, 0.25) is 0 Å². The number of phosphoric acid groups is 1. The van der Waals surface area contributed by atoms with E-state index >= 15 is 0 Å². The first kappa shape index (κ1) is 49.7. The van der Waals surface area contributed by atoms with Gasteiger partial charge >= 0.3 is 19.8 Å². The first-order valence-electron chi connectivity index (χ1n) is 21.8. The molecule has 0 saturated heterocycles. The number of carbonyl (C=O) groups is 2. The molecule has 0 spiro atoms. The SMILES string of the molecule is CCCCCc1cc(C)c(CCCCCCCCC(=O)O[C@H](COC(=O)CCCCCCCCCCc2oc(CCC)cc2C)COP(=O)(O)OCCNC)o1. The minimum atomic E-state index is -4.37. The molecule has 11 nitrogen and oxygen atoms in total. The van der Waals surface area contributed by atoms with Crippen molar-refractivity contribution in [2.75, 3.05) is 33.4 Å². The van der Waals surface area contributed by atoms with Crippen LogP contribution in [0, 0.1) is 13.8 Å². The lowest BCUT2D eigenvalue weighted by Crippen LogP contribution is -2.29. The third-order valence-electron chi connectivity index (χ3n) is 9.99. The van der Waals surface area contributed by atoms with E-state index < -0.39 is 32.5 Å². The highest BCUT2D eigenvalue weighted by atomic mass is 31.2. The molecule has 0 aliphatic heterocycles. The second-order valence-corrected chi connectivity index (χ2v) is 16.7. The predicted molar refractivity (Wildman–Crippen MR) is 222 cm³/mol. The van der Waals surface area contributed by atoms with E-state index in [0.29, 0.717) is 19.4 Å². The monoisotopic (exact) mass is 810 g/mol. The van der Waals surface area contributed by atoms with Gasteiger partial charge in [0.05, 0.1) is 13.2 Å². The van der Waals surface area contributed by atoms with Crippen LogP contribution in [0.25, 0.3) is 0 Å². The minimum absolute atomic E-state index is 0.0301. The molecule has 2 atom stereocenters. The van der Waals surface area contributed by atoms with Crippen LogP contribution in [0.15, 0.2) is 21.0 Å². The zero-order valence-corrected chi connectivity index (χ0v) is 36.5. The highest BCUT2D eigenvalue weighted by Gasteiger charge is 2.26. The number of unbranched alkanes of at least 4 members (excludes halogenated alkanes) is 14. The van der Waals surface area contributed by atoms with Crippen molar-refractivity contribution in [3.05, 3.63) is 46.3 Å². The number of carbonyl (C=O) groups excluding carboxylic acids is 2. The molecule has 2 rings (SSSR count). The third-order valence-corrected chi connectivity index (χ3v) is 11.0. The number of ether oxygens (including phenoxy) is 2. The van der Waals surface area contributed by atoms with Gasteiger partial charge in [-0.05, 0) is 82.7 Å². The summed E-state index contributed by atoms with van der Waals surface area (Å²) in [6.07, 6.45) is 22.5. The summed E-state index contributed by atoms with van der Waals surface area (Å²) in [5.41, 5.74) is 2.52. The van der Waals surface area contributed by atoms with Gasteiger partial charge in [0, 0.05) is 45.1 Å². The summed E-state index contributed by atoms with van der Waals surface area (Å²) in [5.74, 6) is 3.59. The molecule has 0 amide bonds. The number of hydrogen-bond acceptors (Lipinski definition) is 10. The number of nitrogens with one attached hydrogen (secondary N) is 1. The Hall–Kier alpha value is -2.43. The van der Waals surface area contributed by atoms with E-state index in [0.717, 1.165) is 113 Å². The van der Waals surface area contributed by atoms with Crippen LogP contribution >= 0.6 is 7.82 Å². The van der Waals surface area contributed by atoms with Crippen LogP contribution in [0.4, 0.5) is 0 Å². The van der Waals surface area contributed by atoms with Crippen LogP contribution in [0.1, 0.15) is 176 Å². The fraction of sp³-hybridized carbons (Fsp3) is 0.773. The largest absolute Gasteiger partial charge is 0.472 e. The Morgan fingerprint density at radius 2 is 1.16 bits per heavy atom. The number of hydrogen-bond donors (Lipinski definition) is 2. The maximum absolute atomic E-state index is 12.7. The average molecular weight is 810 g/mol. The molecule has 0 fully saturated rings. The maximum Gasteiger partial charge on any atom is 0.472 e. The lowest BCUT2D eigenvalue weighted by molar-refractivity contribution is -0.161. The summed E-state index contributed by atoms with van der Waals surface area (Å²) in [4.78, 5) is 35.2. The number of likely N-dealkylation sites (N-methyl/N-ethyl adjacent to an activating group) is 1. The van der Waals surface area contributed by atoms with Crippen LogP contribution < -0.4 is 5.32 Å². The molecule has 56 heavy (non-hydrogen) atoms. The van der Waals surface area contributed by atoms with Gasteiger partial charge < -0.3 is 28.5 Å². The topological polar surface area (TPSA) is 147 Å². The molecule has 322 valence electrons. The Morgan fingerprint density at radius 3 is 1.70 bits per heavy atom. The molecule has 0 bridgehead atoms. The second kappa shape index (κ2) is 30.6. The van der Waals surface area contributed by atoms with Crippen molar-refractivity contribution in [2.45, 2.75) is 188 Å². The Labute approximate surface area is 338 Å². The van der Waals surface area contributed by atoms with Gasteiger partial charge in [-0.15, -0.1) is 0 Å². The summed E-state index contributed by atoms with van der Waals surface area (Å²) in [7, 11) is -2.68. The third kappa shape index (κ3) is 23.7. The summed E-state index contributed by atoms with van der Waals surface area (Å²) < 4.78 is 45.4. The molecule has 12 heteroatoms. The van der Waals surface area contributed by atoms with Crippen LogP contribution in [0.3, 0.4) is 0 Å². The van der Waals surface area contributed by atoms with Gasteiger partial charge in [0.2, 0.25) is 0 Å². The van der Waals surface area contributed by atoms with Gasteiger partial charge in [-0.25, -0.2) is 4.57 Å². The van der Waals surface area contributed by atoms with E-state index in [1.165, 1.54) is 49.7 Å². The molecular weight excluding hydrogens is 733 g/mol. The number of esters is 2. The van der Waals surface area contributed by atoms with Crippen molar-refractivity contribution < 1.29 is 46.4 Å². The van der Waals surface area contributed by atoms with Crippen molar-refractivity contribution in [3.8, 4) is 0 Å². The first-order chi connectivity index (χ1) is 27.1. The van der Waals surface area contributed by atoms with Gasteiger partial charge in [-0.2, -0.15) is 0 Å². The van der Waals surface area contributed by atoms with E-state index in [1.807, 2.05) is 0 Å².